The number of sulfonamides is 1. The van der Waals surface area contributed by atoms with Crippen molar-refractivity contribution in [2.75, 3.05) is 12.3 Å². The molecular weight excluding hydrogens is 260 g/mol. The quantitative estimate of drug-likeness (QED) is 0.805. The van der Waals surface area contributed by atoms with Crippen molar-refractivity contribution in [1.29, 1.82) is 0 Å². The first-order chi connectivity index (χ1) is 7.39. The summed E-state index contributed by atoms with van der Waals surface area (Å²) in [6, 6.07) is 0.528. The summed E-state index contributed by atoms with van der Waals surface area (Å²) in [6.45, 7) is 7.08. The number of nitrogens with one attached hydrogen (secondary N) is 2. The molecule has 1 aliphatic heterocycles. The monoisotopic (exact) mass is 284 g/mol. The molecule has 0 aromatic rings. The van der Waals surface area contributed by atoms with E-state index in [1.165, 1.54) is 0 Å². The van der Waals surface area contributed by atoms with E-state index in [2.05, 4.69) is 17.0 Å². The number of hydrogen-bond donors (Lipinski definition) is 2. The van der Waals surface area contributed by atoms with Crippen molar-refractivity contribution in [3.05, 3.63) is 0 Å². The summed E-state index contributed by atoms with van der Waals surface area (Å²) in [5.74, 6) is 0.687. The van der Waals surface area contributed by atoms with Gasteiger partial charge in [-0.2, -0.15) is 0 Å². The molecule has 0 saturated carbocycles. The van der Waals surface area contributed by atoms with E-state index in [0.717, 1.165) is 25.8 Å². The molecule has 0 spiro atoms. The number of halogens is 1. The zero-order valence-corrected chi connectivity index (χ0v) is 12.5. The Morgan fingerprint density at radius 1 is 1.41 bits per heavy atom. The van der Waals surface area contributed by atoms with Crippen molar-refractivity contribution >= 4 is 22.4 Å². The lowest BCUT2D eigenvalue weighted by atomic mass is 10.0. The van der Waals surface area contributed by atoms with Gasteiger partial charge in [0.15, 0.2) is 0 Å². The summed E-state index contributed by atoms with van der Waals surface area (Å²) in [6.07, 6.45) is 2.52. The van der Waals surface area contributed by atoms with Crippen molar-refractivity contribution in [2.45, 2.75) is 52.1 Å². The topological polar surface area (TPSA) is 58.2 Å². The minimum atomic E-state index is -3.08. The Morgan fingerprint density at radius 2 is 2.06 bits per heavy atom. The molecule has 0 aliphatic carbocycles. The fourth-order valence-electron chi connectivity index (χ4n) is 1.94. The fraction of sp³-hybridized carbons (Fsp3) is 1.00. The van der Waals surface area contributed by atoms with Crippen molar-refractivity contribution in [3.63, 3.8) is 0 Å². The van der Waals surface area contributed by atoms with Crippen LogP contribution >= 0.6 is 12.4 Å². The summed E-state index contributed by atoms with van der Waals surface area (Å²) >= 11 is 0. The van der Waals surface area contributed by atoms with Crippen LogP contribution in [0.15, 0.2) is 0 Å². The zero-order chi connectivity index (χ0) is 12.2. The Kier molecular flexibility index (Phi) is 7.63. The highest BCUT2D eigenvalue weighted by atomic mass is 35.5. The van der Waals surface area contributed by atoms with E-state index in [-0.39, 0.29) is 24.2 Å². The summed E-state index contributed by atoms with van der Waals surface area (Å²) < 4.78 is 26.4. The second-order valence-corrected chi connectivity index (χ2v) is 7.07. The molecule has 0 amide bonds. The standard InChI is InChI=1S/C11H24N2O2S.ClH/c1-9(2)5-7-16(14,15)13-11-4-6-12-10(3)8-11;/h9-13H,4-8H2,1-3H3;1H. The first-order valence-electron chi connectivity index (χ1n) is 6.12. The summed E-state index contributed by atoms with van der Waals surface area (Å²) in [7, 11) is -3.08. The van der Waals surface area contributed by atoms with Crippen molar-refractivity contribution in [3.8, 4) is 0 Å². The normalized spacial score (nSPS) is 25.6. The van der Waals surface area contributed by atoms with E-state index in [1.807, 2.05) is 13.8 Å². The molecule has 17 heavy (non-hydrogen) atoms. The lowest BCUT2D eigenvalue weighted by Crippen LogP contribution is -2.47. The molecule has 1 heterocycles. The minimum absolute atomic E-state index is 0. The van der Waals surface area contributed by atoms with Crippen LogP contribution in [0.4, 0.5) is 0 Å². The average molecular weight is 285 g/mol. The van der Waals surface area contributed by atoms with Crippen LogP contribution in [0.2, 0.25) is 0 Å². The molecule has 1 aliphatic rings. The molecule has 0 aromatic heterocycles. The molecule has 0 aromatic carbocycles. The van der Waals surface area contributed by atoms with Gasteiger partial charge in [0.05, 0.1) is 5.75 Å². The fourth-order valence-corrected chi connectivity index (χ4v) is 3.56. The van der Waals surface area contributed by atoms with Crippen LogP contribution in [0.3, 0.4) is 0 Å². The van der Waals surface area contributed by atoms with E-state index in [0.29, 0.717) is 12.0 Å². The molecule has 104 valence electrons. The van der Waals surface area contributed by atoms with Crippen LogP contribution in [-0.2, 0) is 10.0 Å². The van der Waals surface area contributed by atoms with Crippen LogP contribution in [0.5, 0.6) is 0 Å². The van der Waals surface area contributed by atoms with E-state index < -0.39 is 10.0 Å². The van der Waals surface area contributed by atoms with Crippen LogP contribution in [-0.4, -0.2) is 32.8 Å². The van der Waals surface area contributed by atoms with Gasteiger partial charge in [-0.3, -0.25) is 0 Å². The van der Waals surface area contributed by atoms with Crippen molar-refractivity contribution in [1.82, 2.24) is 10.0 Å². The molecule has 2 atom stereocenters. The average Bonchev–Trinajstić information content (AvgIpc) is 2.14. The van der Waals surface area contributed by atoms with Gasteiger partial charge in [-0.25, -0.2) is 13.1 Å². The second kappa shape index (κ2) is 7.56. The number of rotatable bonds is 5. The minimum Gasteiger partial charge on any atom is -0.314 e. The molecule has 2 N–H and O–H groups in total. The third-order valence-electron chi connectivity index (χ3n) is 2.93. The van der Waals surface area contributed by atoms with Crippen LogP contribution in [0, 0.1) is 5.92 Å². The first kappa shape index (κ1) is 17.2. The molecule has 0 radical (unpaired) electrons. The Bertz CT molecular complexity index is 307. The Hall–Kier alpha value is 0.160. The van der Waals surface area contributed by atoms with Crippen LogP contribution in [0.1, 0.15) is 40.0 Å². The summed E-state index contributed by atoms with van der Waals surface area (Å²) in [5, 5.41) is 3.31. The van der Waals surface area contributed by atoms with Gasteiger partial charge >= 0.3 is 0 Å². The van der Waals surface area contributed by atoms with Gasteiger partial charge in [0.25, 0.3) is 0 Å². The highest BCUT2D eigenvalue weighted by molar-refractivity contribution is 7.89. The summed E-state index contributed by atoms with van der Waals surface area (Å²) in [4.78, 5) is 0. The Labute approximate surface area is 111 Å². The predicted octanol–water partition coefficient (Wildman–Crippen LogP) is 1.51. The van der Waals surface area contributed by atoms with E-state index in [4.69, 9.17) is 0 Å². The van der Waals surface area contributed by atoms with Crippen molar-refractivity contribution < 1.29 is 8.42 Å². The smallest absolute Gasteiger partial charge is 0.211 e. The second-order valence-electron chi connectivity index (χ2n) is 5.20. The molecule has 2 unspecified atom stereocenters. The molecular formula is C11H25ClN2O2S. The third-order valence-corrected chi connectivity index (χ3v) is 4.40. The maximum absolute atomic E-state index is 11.8. The molecule has 6 heteroatoms. The Balaban J connectivity index is 0.00000256. The lowest BCUT2D eigenvalue weighted by molar-refractivity contribution is 0.361. The zero-order valence-electron chi connectivity index (χ0n) is 10.9. The SMILES string of the molecule is CC(C)CCS(=O)(=O)NC1CCNC(C)C1.Cl. The predicted molar refractivity (Wildman–Crippen MR) is 74.1 cm³/mol. The summed E-state index contributed by atoms with van der Waals surface area (Å²) in [5.41, 5.74) is 0. The van der Waals surface area contributed by atoms with E-state index in [1.54, 1.807) is 0 Å². The van der Waals surface area contributed by atoms with Gasteiger partial charge in [-0.1, -0.05) is 13.8 Å². The lowest BCUT2D eigenvalue weighted by Gasteiger charge is -2.28. The van der Waals surface area contributed by atoms with Gasteiger partial charge in [-0.05, 0) is 38.6 Å². The maximum atomic E-state index is 11.8. The molecule has 1 rings (SSSR count). The van der Waals surface area contributed by atoms with E-state index in [9.17, 15) is 8.42 Å². The molecule has 4 nitrogen and oxygen atoms in total. The van der Waals surface area contributed by atoms with Crippen molar-refractivity contribution in [2.24, 2.45) is 5.92 Å². The molecule has 1 fully saturated rings. The van der Waals surface area contributed by atoms with Gasteiger partial charge < -0.3 is 5.32 Å². The van der Waals surface area contributed by atoms with Gasteiger partial charge in [0.2, 0.25) is 10.0 Å². The van der Waals surface area contributed by atoms with Gasteiger partial charge in [-0.15, -0.1) is 12.4 Å². The van der Waals surface area contributed by atoms with Gasteiger partial charge in [0, 0.05) is 12.1 Å². The van der Waals surface area contributed by atoms with E-state index >= 15 is 0 Å². The maximum Gasteiger partial charge on any atom is 0.211 e. The van der Waals surface area contributed by atoms with Crippen LogP contribution in [0.25, 0.3) is 0 Å². The number of piperidine rings is 1. The van der Waals surface area contributed by atoms with Gasteiger partial charge in [0.1, 0.15) is 0 Å². The third kappa shape index (κ3) is 7.24. The number of hydrogen-bond acceptors (Lipinski definition) is 3. The Morgan fingerprint density at radius 3 is 2.59 bits per heavy atom. The highest BCUT2D eigenvalue weighted by Gasteiger charge is 2.22. The molecule has 0 bridgehead atoms. The molecule has 1 saturated heterocycles. The largest absolute Gasteiger partial charge is 0.314 e. The highest BCUT2D eigenvalue weighted by Crippen LogP contribution is 2.10. The first-order valence-corrected chi connectivity index (χ1v) is 7.77. The van der Waals surface area contributed by atoms with Crippen LogP contribution < -0.4 is 10.0 Å².